The number of fused-ring (bicyclic) bond motifs is 4. The van der Waals surface area contributed by atoms with Crippen LogP contribution in [-0.2, 0) is 4.74 Å². The fourth-order valence-electron chi connectivity index (χ4n) is 3.72. The van der Waals surface area contributed by atoms with Gasteiger partial charge in [0.25, 0.3) is 0 Å². The number of hydrogen-bond acceptors (Lipinski definition) is 4. The second kappa shape index (κ2) is 7.08. The van der Waals surface area contributed by atoms with Gasteiger partial charge in [0, 0.05) is 37.4 Å². The Labute approximate surface area is 149 Å². The molecule has 1 aromatic heterocycles. The number of benzene rings is 1. The van der Waals surface area contributed by atoms with Gasteiger partial charge in [-0.3, -0.25) is 4.68 Å². The molecule has 0 saturated carbocycles. The van der Waals surface area contributed by atoms with Crippen molar-refractivity contribution in [2.75, 3.05) is 25.1 Å². The molecule has 2 aliphatic rings. The van der Waals surface area contributed by atoms with Gasteiger partial charge in [-0.15, -0.1) is 0 Å². The van der Waals surface area contributed by atoms with E-state index in [1.54, 1.807) is 0 Å². The number of nitrogens with one attached hydrogen (secondary N) is 1. The quantitative estimate of drug-likeness (QED) is 0.788. The first-order valence-corrected chi connectivity index (χ1v) is 9.37. The summed E-state index contributed by atoms with van der Waals surface area (Å²) in [6.07, 6.45) is 7.34. The van der Waals surface area contributed by atoms with Crippen LogP contribution < -0.4 is 10.1 Å². The van der Waals surface area contributed by atoms with E-state index in [1.165, 1.54) is 16.8 Å². The van der Waals surface area contributed by atoms with Gasteiger partial charge in [-0.2, -0.15) is 5.10 Å². The highest BCUT2D eigenvalue weighted by atomic mass is 16.5. The molecule has 5 nitrogen and oxygen atoms in total. The monoisotopic (exact) mass is 341 g/mol. The van der Waals surface area contributed by atoms with Gasteiger partial charge in [-0.1, -0.05) is 0 Å². The van der Waals surface area contributed by atoms with Crippen molar-refractivity contribution in [2.24, 2.45) is 0 Å². The summed E-state index contributed by atoms with van der Waals surface area (Å²) < 4.78 is 14.0. The third-order valence-corrected chi connectivity index (χ3v) is 5.31. The highest BCUT2D eigenvalue weighted by molar-refractivity contribution is 5.59. The summed E-state index contributed by atoms with van der Waals surface area (Å²) in [7, 11) is 0. The molecule has 4 rings (SSSR count). The summed E-state index contributed by atoms with van der Waals surface area (Å²) in [5.74, 6) is 1.31. The van der Waals surface area contributed by atoms with Gasteiger partial charge in [0.15, 0.2) is 0 Å². The molecule has 0 radical (unpaired) electrons. The lowest BCUT2D eigenvalue weighted by molar-refractivity contribution is 0.0899. The van der Waals surface area contributed by atoms with E-state index in [2.05, 4.69) is 53.3 Å². The maximum Gasteiger partial charge on any atom is 0.120 e. The average molecular weight is 341 g/mol. The predicted octanol–water partition coefficient (Wildman–Crippen LogP) is 3.97. The van der Waals surface area contributed by atoms with Crippen LogP contribution in [0.4, 0.5) is 5.69 Å². The van der Waals surface area contributed by atoms with Crippen molar-refractivity contribution in [2.45, 2.75) is 51.2 Å². The number of nitrogens with zero attached hydrogens (tertiary/aromatic N) is 2. The Kier molecular flexibility index (Phi) is 4.66. The summed E-state index contributed by atoms with van der Waals surface area (Å²) in [5.41, 5.74) is 3.81. The Morgan fingerprint density at radius 1 is 1.16 bits per heavy atom. The van der Waals surface area contributed by atoms with E-state index in [0.717, 1.165) is 44.8 Å². The molecule has 0 fully saturated rings. The molecule has 1 unspecified atom stereocenters. The van der Waals surface area contributed by atoms with Crippen molar-refractivity contribution >= 4 is 5.69 Å². The van der Waals surface area contributed by atoms with E-state index >= 15 is 0 Å². The smallest absolute Gasteiger partial charge is 0.120 e. The molecule has 3 atom stereocenters. The normalized spacial score (nSPS) is 26.7. The zero-order chi connectivity index (χ0) is 17.2. The fraction of sp³-hybridized carbons (Fsp3) is 0.550. The maximum absolute atomic E-state index is 6.13. The number of aromatic nitrogens is 2. The van der Waals surface area contributed by atoms with E-state index in [0.29, 0.717) is 12.0 Å². The minimum absolute atomic E-state index is 0.150. The summed E-state index contributed by atoms with van der Waals surface area (Å²) >= 11 is 0. The molecule has 0 spiro atoms. The molecule has 1 N–H and O–H groups in total. The van der Waals surface area contributed by atoms with Crippen LogP contribution in [0.1, 0.15) is 56.2 Å². The number of rotatable bonds is 0. The van der Waals surface area contributed by atoms with Gasteiger partial charge in [0.05, 0.1) is 24.9 Å². The van der Waals surface area contributed by atoms with E-state index in [4.69, 9.17) is 9.47 Å². The molecular formula is C20H27N3O2. The molecule has 25 heavy (non-hydrogen) atoms. The van der Waals surface area contributed by atoms with Crippen molar-refractivity contribution in [1.29, 1.82) is 0 Å². The SMILES string of the molecule is C[C@H]1CCOCC[C@H](C)n2cc(cn2)C2CCNc3ccc(cc32)O1. The molecule has 0 saturated heterocycles. The van der Waals surface area contributed by atoms with Gasteiger partial charge < -0.3 is 14.8 Å². The number of hydrogen-bond donors (Lipinski definition) is 1. The summed E-state index contributed by atoms with van der Waals surface area (Å²) in [4.78, 5) is 0. The summed E-state index contributed by atoms with van der Waals surface area (Å²) in [6, 6.07) is 6.75. The first-order chi connectivity index (χ1) is 12.2. The minimum Gasteiger partial charge on any atom is -0.491 e. The molecule has 3 heterocycles. The Balaban J connectivity index is 1.71. The standard InChI is InChI=1S/C20H27N3O2/c1-14-6-9-24-10-7-15(2)25-17-3-4-20-19(11-17)18(5-8-21-20)16-12-22-23(14)13-16/h3-4,11-15,18,21H,5-10H2,1-2H3/t14-,15-,18?/m0/s1. The number of anilines is 1. The average Bonchev–Trinajstić information content (AvgIpc) is 3.10. The topological polar surface area (TPSA) is 48.3 Å². The van der Waals surface area contributed by atoms with Crippen molar-refractivity contribution in [3.63, 3.8) is 0 Å². The predicted molar refractivity (Wildman–Crippen MR) is 98.5 cm³/mol. The molecule has 1 aromatic carbocycles. The van der Waals surface area contributed by atoms with E-state index < -0.39 is 0 Å². The summed E-state index contributed by atoms with van der Waals surface area (Å²) in [5, 5.41) is 8.14. The molecular weight excluding hydrogens is 314 g/mol. The lowest BCUT2D eigenvalue weighted by Crippen LogP contribution is -2.18. The largest absolute Gasteiger partial charge is 0.491 e. The van der Waals surface area contributed by atoms with E-state index in [9.17, 15) is 0 Å². The van der Waals surface area contributed by atoms with Crippen LogP contribution >= 0.6 is 0 Å². The fourth-order valence-corrected chi connectivity index (χ4v) is 3.72. The molecule has 0 aliphatic carbocycles. The number of ether oxygens (including phenoxy) is 2. The van der Waals surface area contributed by atoms with Crippen LogP contribution in [0.2, 0.25) is 0 Å². The molecule has 5 heteroatoms. The molecule has 2 aliphatic heterocycles. The van der Waals surface area contributed by atoms with Crippen molar-refractivity contribution in [1.82, 2.24) is 9.78 Å². The Bertz CT molecular complexity index is 727. The van der Waals surface area contributed by atoms with Crippen LogP contribution in [0.3, 0.4) is 0 Å². The summed E-state index contributed by atoms with van der Waals surface area (Å²) in [6.45, 7) is 6.80. The van der Waals surface area contributed by atoms with E-state index in [1.807, 2.05) is 6.20 Å². The first-order valence-electron chi connectivity index (χ1n) is 9.37. The molecule has 4 bridgehead atoms. The minimum atomic E-state index is 0.150. The van der Waals surface area contributed by atoms with Crippen molar-refractivity contribution < 1.29 is 9.47 Å². The second-order valence-corrected chi connectivity index (χ2v) is 7.24. The van der Waals surface area contributed by atoms with Gasteiger partial charge in [-0.25, -0.2) is 0 Å². The first kappa shape index (κ1) is 16.5. The van der Waals surface area contributed by atoms with Crippen LogP contribution in [0, 0.1) is 0 Å². The van der Waals surface area contributed by atoms with Crippen LogP contribution in [0.25, 0.3) is 0 Å². The maximum atomic E-state index is 6.13. The zero-order valence-electron chi connectivity index (χ0n) is 15.1. The van der Waals surface area contributed by atoms with Crippen LogP contribution in [0.5, 0.6) is 5.75 Å². The molecule has 134 valence electrons. The van der Waals surface area contributed by atoms with Crippen molar-refractivity contribution in [3.05, 3.63) is 41.7 Å². The third-order valence-electron chi connectivity index (χ3n) is 5.31. The third kappa shape index (κ3) is 3.52. The van der Waals surface area contributed by atoms with Gasteiger partial charge >= 0.3 is 0 Å². The van der Waals surface area contributed by atoms with E-state index in [-0.39, 0.29) is 6.10 Å². The molecule has 0 amide bonds. The Hall–Kier alpha value is -2.01. The lowest BCUT2D eigenvalue weighted by Gasteiger charge is -2.27. The molecule has 2 aromatic rings. The van der Waals surface area contributed by atoms with Gasteiger partial charge in [0.2, 0.25) is 0 Å². The second-order valence-electron chi connectivity index (χ2n) is 7.24. The van der Waals surface area contributed by atoms with Crippen molar-refractivity contribution in [3.8, 4) is 5.75 Å². The van der Waals surface area contributed by atoms with Gasteiger partial charge in [0.1, 0.15) is 5.75 Å². The zero-order valence-corrected chi connectivity index (χ0v) is 15.1. The lowest BCUT2D eigenvalue weighted by atomic mass is 9.86. The highest BCUT2D eigenvalue weighted by Gasteiger charge is 2.24. The van der Waals surface area contributed by atoms with Crippen LogP contribution in [0.15, 0.2) is 30.6 Å². The van der Waals surface area contributed by atoms with Crippen LogP contribution in [-0.4, -0.2) is 35.6 Å². The Morgan fingerprint density at radius 2 is 2.04 bits per heavy atom. The Morgan fingerprint density at radius 3 is 2.96 bits per heavy atom. The highest BCUT2D eigenvalue weighted by Crippen LogP contribution is 2.39. The van der Waals surface area contributed by atoms with Gasteiger partial charge in [-0.05, 0) is 56.0 Å².